The predicted octanol–water partition coefficient (Wildman–Crippen LogP) is 0.973. The Kier molecular flexibility index (Phi) is 3.49. The lowest BCUT2D eigenvalue weighted by Gasteiger charge is -2.15. The van der Waals surface area contributed by atoms with Crippen molar-refractivity contribution in [2.75, 3.05) is 11.1 Å². The number of primary amides is 1. The summed E-state index contributed by atoms with van der Waals surface area (Å²) in [6.07, 6.45) is 2.48. The average molecular weight is 208 g/mol. The molecular weight excluding hydrogens is 192 g/mol. The highest BCUT2D eigenvalue weighted by atomic mass is 16.1. The Labute approximate surface area is 88.9 Å². The van der Waals surface area contributed by atoms with Crippen LogP contribution in [-0.4, -0.2) is 16.9 Å². The number of hydrogen-bond donors (Lipinski definition) is 3. The molecule has 0 aromatic carbocycles. The molecule has 0 aliphatic rings. The highest BCUT2D eigenvalue weighted by molar-refractivity contribution is 5.98. The van der Waals surface area contributed by atoms with E-state index < -0.39 is 5.91 Å². The number of nitrogens with zero attached hydrogens (tertiary/aromatic N) is 1. The van der Waals surface area contributed by atoms with Crippen molar-refractivity contribution in [1.82, 2.24) is 4.98 Å². The summed E-state index contributed by atoms with van der Waals surface area (Å²) in [5.74, 6) is -0.214. The van der Waals surface area contributed by atoms with Gasteiger partial charge in [-0.15, -0.1) is 0 Å². The quantitative estimate of drug-likeness (QED) is 0.687. The number of carbonyl (C=O) groups excluding carboxylic acids is 1. The van der Waals surface area contributed by atoms with Gasteiger partial charge in [0.1, 0.15) is 5.82 Å². The van der Waals surface area contributed by atoms with E-state index in [2.05, 4.69) is 10.3 Å². The fourth-order valence-corrected chi connectivity index (χ4v) is 1.16. The molecule has 1 heterocycles. The minimum atomic E-state index is -0.505. The third kappa shape index (κ3) is 2.83. The van der Waals surface area contributed by atoms with Crippen molar-refractivity contribution in [3.8, 4) is 0 Å². The number of nitrogens with one attached hydrogen (secondary N) is 1. The lowest BCUT2D eigenvalue weighted by molar-refractivity contribution is 0.100. The number of pyridine rings is 1. The second kappa shape index (κ2) is 4.63. The maximum absolute atomic E-state index is 11.1. The van der Waals surface area contributed by atoms with Crippen molar-refractivity contribution in [2.45, 2.75) is 26.3 Å². The Morgan fingerprint density at radius 3 is 2.87 bits per heavy atom. The normalized spacial score (nSPS) is 12.1. The number of nitrogens with two attached hydrogens (primary N) is 2. The van der Waals surface area contributed by atoms with Gasteiger partial charge in [-0.2, -0.15) is 0 Å². The van der Waals surface area contributed by atoms with E-state index in [0.717, 1.165) is 6.42 Å². The van der Waals surface area contributed by atoms with Crippen LogP contribution in [0.3, 0.4) is 0 Å². The zero-order valence-corrected chi connectivity index (χ0v) is 8.95. The molecule has 1 amide bonds. The molecule has 1 atom stereocenters. The van der Waals surface area contributed by atoms with Gasteiger partial charge in [-0.1, -0.05) is 6.92 Å². The zero-order chi connectivity index (χ0) is 11.4. The van der Waals surface area contributed by atoms with Gasteiger partial charge in [-0.3, -0.25) is 4.79 Å². The van der Waals surface area contributed by atoms with E-state index in [9.17, 15) is 4.79 Å². The van der Waals surface area contributed by atoms with Crippen LogP contribution >= 0.6 is 0 Å². The minimum absolute atomic E-state index is 0.258. The van der Waals surface area contributed by atoms with Gasteiger partial charge in [-0.05, 0) is 19.4 Å². The Hall–Kier alpha value is -1.78. The third-order valence-electron chi connectivity index (χ3n) is 2.20. The lowest BCUT2D eigenvalue weighted by Crippen LogP contribution is -2.19. The summed E-state index contributed by atoms with van der Waals surface area (Å²) in [5.41, 5.74) is 11.7. The van der Waals surface area contributed by atoms with Gasteiger partial charge in [0, 0.05) is 6.04 Å². The molecule has 5 heteroatoms. The number of amides is 1. The average Bonchev–Trinajstić information content (AvgIpc) is 2.20. The largest absolute Gasteiger partial charge is 0.384 e. The van der Waals surface area contributed by atoms with Gasteiger partial charge < -0.3 is 16.8 Å². The van der Waals surface area contributed by atoms with Crippen LogP contribution in [0.2, 0.25) is 0 Å². The van der Waals surface area contributed by atoms with Crippen molar-refractivity contribution in [3.05, 3.63) is 17.8 Å². The van der Waals surface area contributed by atoms with E-state index in [1.165, 1.54) is 12.3 Å². The molecule has 1 unspecified atom stereocenters. The smallest absolute Gasteiger partial charge is 0.250 e. The summed E-state index contributed by atoms with van der Waals surface area (Å²) >= 11 is 0. The molecule has 0 aliphatic heterocycles. The molecular formula is C10H16N4O. The first kappa shape index (κ1) is 11.3. The number of nitrogen functional groups attached to an aromatic ring is 1. The highest BCUT2D eigenvalue weighted by Crippen LogP contribution is 2.17. The Morgan fingerprint density at radius 2 is 2.33 bits per heavy atom. The van der Waals surface area contributed by atoms with Crippen LogP contribution in [0.25, 0.3) is 0 Å². The number of aromatic nitrogens is 1. The monoisotopic (exact) mass is 208 g/mol. The van der Waals surface area contributed by atoms with E-state index in [-0.39, 0.29) is 6.04 Å². The standard InChI is InChI=1S/C10H16N4O/c1-3-6(2)14-8-5-13-9(11)4-7(8)10(12)15/h4-6,14H,3H2,1-2H3,(H2,11,13)(H2,12,15). The van der Waals surface area contributed by atoms with Crippen molar-refractivity contribution in [1.29, 1.82) is 0 Å². The van der Waals surface area contributed by atoms with E-state index in [4.69, 9.17) is 11.5 Å². The molecule has 0 fully saturated rings. The minimum Gasteiger partial charge on any atom is -0.384 e. The van der Waals surface area contributed by atoms with Crippen LogP contribution in [0.5, 0.6) is 0 Å². The van der Waals surface area contributed by atoms with Crippen LogP contribution in [0, 0.1) is 0 Å². The van der Waals surface area contributed by atoms with E-state index in [0.29, 0.717) is 17.1 Å². The molecule has 5 N–H and O–H groups in total. The summed E-state index contributed by atoms with van der Waals surface area (Å²) in [4.78, 5) is 15.1. The maximum Gasteiger partial charge on any atom is 0.250 e. The molecule has 0 saturated heterocycles. The first-order chi connectivity index (χ1) is 7.04. The van der Waals surface area contributed by atoms with Gasteiger partial charge in [0.05, 0.1) is 17.4 Å². The Morgan fingerprint density at radius 1 is 1.67 bits per heavy atom. The predicted molar refractivity (Wildman–Crippen MR) is 60.5 cm³/mol. The van der Waals surface area contributed by atoms with E-state index >= 15 is 0 Å². The second-order valence-corrected chi connectivity index (χ2v) is 3.47. The van der Waals surface area contributed by atoms with Crippen LogP contribution in [0.1, 0.15) is 30.6 Å². The summed E-state index contributed by atoms with van der Waals surface area (Å²) in [6, 6.07) is 1.74. The first-order valence-corrected chi connectivity index (χ1v) is 4.86. The summed E-state index contributed by atoms with van der Waals surface area (Å²) < 4.78 is 0. The SMILES string of the molecule is CCC(C)Nc1cnc(N)cc1C(N)=O. The number of hydrogen-bond acceptors (Lipinski definition) is 4. The number of rotatable bonds is 4. The molecule has 0 saturated carbocycles. The first-order valence-electron chi connectivity index (χ1n) is 4.86. The second-order valence-electron chi connectivity index (χ2n) is 3.47. The molecule has 0 spiro atoms. The fraction of sp³-hybridized carbons (Fsp3) is 0.400. The van der Waals surface area contributed by atoms with Crippen molar-refractivity contribution in [2.24, 2.45) is 5.73 Å². The van der Waals surface area contributed by atoms with E-state index in [1.54, 1.807) is 0 Å². The summed E-state index contributed by atoms with van der Waals surface area (Å²) in [7, 11) is 0. The molecule has 0 aliphatic carbocycles. The molecule has 0 bridgehead atoms. The van der Waals surface area contributed by atoms with Crippen LogP contribution in [-0.2, 0) is 0 Å². The fourth-order valence-electron chi connectivity index (χ4n) is 1.16. The van der Waals surface area contributed by atoms with Gasteiger partial charge in [0.25, 0.3) is 5.91 Å². The molecule has 0 radical (unpaired) electrons. The Bertz CT molecular complexity index is 364. The van der Waals surface area contributed by atoms with E-state index in [1.807, 2.05) is 13.8 Å². The molecule has 1 aromatic rings. The van der Waals surface area contributed by atoms with Crippen molar-refractivity contribution >= 4 is 17.4 Å². The van der Waals surface area contributed by atoms with Crippen LogP contribution in [0.15, 0.2) is 12.3 Å². The summed E-state index contributed by atoms with van der Waals surface area (Å²) in [5, 5.41) is 3.15. The van der Waals surface area contributed by atoms with Crippen LogP contribution in [0.4, 0.5) is 11.5 Å². The van der Waals surface area contributed by atoms with Gasteiger partial charge >= 0.3 is 0 Å². The number of carbonyl (C=O) groups is 1. The maximum atomic E-state index is 11.1. The third-order valence-corrected chi connectivity index (χ3v) is 2.20. The van der Waals surface area contributed by atoms with Crippen molar-refractivity contribution < 1.29 is 4.79 Å². The van der Waals surface area contributed by atoms with Gasteiger partial charge in [0.2, 0.25) is 0 Å². The molecule has 15 heavy (non-hydrogen) atoms. The molecule has 1 aromatic heterocycles. The summed E-state index contributed by atoms with van der Waals surface area (Å²) in [6.45, 7) is 4.06. The van der Waals surface area contributed by atoms with Gasteiger partial charge in [0.15, 0.2) is 0 Å². The van der Waals surface area contributed by atoms with Gasteiger partial charge in [-0.25, -0.2) is 4.98 Å². The lowest BCUT2D eigenvalue weighted by atomic mass is 10.1. The van der Waals surface area contributed by atoms with Crippen molar-refractivity contribution in [3.63, 3.8) is 0 Å². The number of anilines is 2. The molecule has 82 valence electrons. The topological polar surface area (TPSA) is 94.0 Å². The van der Waals surface area contributed by atoms with Crippen LogP contribution < -0.4 is 16.8 Å². The zero-order valence-electron chi connectivity index (χ0n) is 8.95. The highest BCUT2D eigenvalue weighted by Gasteiger charge is 2.10. The molecule has 5 nitrogen and oxygen atoms in total. The molecule has 1 rings (SSSR count). The Balaban J connectivity index is 3.01.